The zero-order valence-corrected chi connectivity index (χ0v) is 9.97. The Labute approximate surface area is 102 Å². The molecule has 2 aliphatic heterocycles. The van der Waals surface area contributed by atoms with Crippen molar-refractivity contribution in [3.05, 3.63) is 42.0 Å². The van der Waals surface area contributed by atoms with Crippen LogP contribution < -0.4 is 5.32 Å². The van der Waals surface area contributed by atoms with Crippen molar-refractivity contribution in [2.75, 3.05) is 18.4 Å². The fourth-order valence-electron chi connectivity index (χ4n) is 2.66. The Morgan fingerprint density at radius 2 is 2.12 bits per heavy atom. The summed E-state index contributed by atoms with van der Waals surface area (Å²) in [7, 11) is 0. The first-order valence-electron chi connectivity index (χ1n) is 6.42. The minimum Gasteiger partial charge on any atom is -0.384 e. The van der Waals surface area contributed by atoms with Crippen molar-refractivity contribution in [1.29, 1.82) is 0 Å². The largest absolute Gasteiger partial charge is 0.384 e. The summed E-state index contributed by atoms with van der Waals surface area (Å²) in [6.45, 7) is 2.15. The third-order valence-electron chi connectivity index (χ3n) is 3.68. The van der Waals surface area contributed by atoms with Gasteiger partial charge in [0, 0.05) is 36.8 Å². The van der Waals surface area contributed by atoms with Crippen LogP contribution in [0.3, 0.4) is 0 Å². The number of allylic oxidation sites excluding steroid dienone is 1. The first kappa shape index (κ1) is 10.6. The summed E-state index contributed by atoms with van der Waals surface area (Å²) in [4.78, 5) is 4.19. The lowest BCUT2D eigenvalue weighted by Gasteiger charge is -2.01. The monoisotopic (exact) mass is 226 g/mol. The average Bonchev–Trinajstić information content (AvgIpc) is 3.06. The number of aliphatic imine (C=N–C) groups is 1. The number of nitrogens with zero attached hydrogens (tertiary/aromatic N) is 1. The molecule has 0 saturated carbocycles. The van der Waals surface area contributed by atoms with Gasteiger partial charge in [-0.2, -0.15) is 0 Å². The van der Waals surface area contributed by atoms with E-state index in [4.69, 9.17) is 0 Å². The maximum absolute atomic E-state index is 4.19. The minimum atomic E-state index is 0.773. The number of anilines is 1. The molecule has 0 radical (unpaired) electrons. The highest BCUT2D eigenvalue weighted by Gasteiger charge is 2.23. The summed E-state index contributed by atoms with van der Waals surface area (Å²) in [6.07, 6.45) is 9.08. The molecule has 1 aromatic carbocycles. The fraction of sp³-hybridized carbons (Fsp3) is 0.400. The second kappa shape index (κ2) is 4.74. The van der Waals surface area contributed by atoms with Gasteiger partial charge in [-0.25, -0.2) is 0 Å². The molecular weight excluding hydrogens is 208 g/mol. The molecule has 2 heterocycles. The van der Waals surface area contributed by atoms with E-state index < -0.39 is 0 Å². The molecule has 0 aromatic heterocycles. The minimum absolute atomic E-state index is 0.773. The van der Waals surface area contributed by atoms with Gasteiger partial charge in [0.1, 0.15) is 0 Å². The van der Waals surface area contributed by atoms with Gasteiger partial charge < -0.3 is 5.32 Å². The molecule has 0 fully saturated rings. The number of rotatable bonds is 0. The maximum Gasteiger partial charge on any atom is 0.0454 e. The molecule has 4 rings (SSSR count). The zero-order chi connectivity index (χ0) is 11.5. The van der Waals surface area contributed by atoms with Crippen LogP contribution in [0.25, 0.3) is 0 Å². The van der Waals surface area contributed by atoms with Crippen LogP contribution in [0.5, 0.6) is 0 Å². The van der Waals surface area contributed by atoms with Crippen molar-refractivity contribution in [3.8, 4) is 0 Å². The molecule has 2 nitrogen and oxygen atoms in total. The van der Waals surface area contributed by atoms with E-state index in [-0.39, 0.29) is 0 Å². The molecule has 0 saturated heterocycles. The predicted octanol–water partition coefficient (Wildman–Crippen LogP) is 2.92. The highest BCUT2D eigenvalue weighted by Crippen LogP contribution is 2.27. The Kier molecular flexibility index (Phi) is 2.95. The van der Waals surface area contributed by atoms with Gasteiger partial charge in [-0.05, 0) is 24.5 Å². The second-order valence-corrected chi connectivity index (χ2v) is 4.84. The predicted molar refractivity (Wildman–Crippen MR) is 72.7 cm³/mol. The van der Waals surface area contributed by atoms with E-state index in [0.717, 1.165) is 24.9 Å². The molecule has 0 amide bonds. The van der Waals surface area contributed by atoms with Gasteiger partial charge in [0.15, 0.2) is 0 Å². The lowest BCUT2D eigenvalue weighted by molar-refractivity contribution is 0.598. The van der Waals surface area contributed by atoms with E-state index >= 15 is 0 Å². The molecule has 2 atom stereocenters. The Hall–Kier alpha value is -1.57. The van der Waals surface area contributed by atoms with Gasteiger partial charge in [0.05, 0.1) is 0 Å². The Bertz CT molecular complexity index is 407. The summed E-state index contributed by atoms with van der Waals surface area (Å²) in [5.74, 6) is 1.55. The Morgan fingerprint density at radius 3 is 3.00 bits per heavy atom. The Balaban J connectivity index is 0.000000107. The summed E-state index contributed by atoms with van der Waals surface area (Å²) < 4.78 is 0. The summed E-state index contributed by atoms with van der Waals surface area (Å²) >= 11 is 0. The average molecular weight is 226 g/mol. The molecule has 17 heavy (non-hydrogen) atoms. The van der Waals surface area contributed by atoms with Crippen LogP contribution in [0.15, 0.2) is 41.4 Å². The van der Waals surface area contributed by atoms with Gasteiger partial charge in [-0.15, -0.1) is 0 Å². The van der Waals surface area contributed by atoms with Crippen molar-refractivity contribution >= 4 is 11.9 Å². The zero-order valence-electron chi connectivity index (χ0n) is 9.97. The normalized spacial score (nSPS) is 27.1. The Morgan fingerprint density at radius 1 is 1.18 bits per heavy atom. The molecule has 2 unspecified atom stereocenters. The van der Waals surface area contributed by atoms with Crippen LogP contribution in [0.1, 0.15) is 12.0 Å². The molecule has 1 N–H and O–H groups in total. The highest BCUT2D eigenvalue weighted by atomic mass is 14.9. The molecule has 3 aliphatic rings. The molecule has 0 bridgehead atoms. The summed E-state index contributed by atoms with van der Waals surface area (Å²) in [5, 5.41) is 3.30. The number of nitrogens with one attached hydrogen (secondary N) is 1. The molecule has 2 heteroatoms. The number of fused-ring (bicyclic) bond motifs is 2. The highest BCUT2D eigenvalue weighted by molar-refractivity contribution is 5.65. The SMILES string of the molecule is C1=CC2CN=CC2C1.c1ccc2c(c1)CCN2. The van der Waals surface area contributed by atoms with E-state index in [0.29, 0.717) is 0 Å². The van der Waals surface area contributed by atoms with Gasteiger partial charge in [-0.3, -0.25) is 4.99 Å². The number of benzene rings is 1. The third kappa shape index (κ3) is 2.26. The van der Waals surface area contributed by atoms with Crippen molar-refractivity contribution in [2.24, 2.45) is 16.8 Å². The van der Waals surface area contributed by atoms with E-state index in [1.807, 2.05) is 0 Å². The van der Waals surface area contributed by atoms with Crippen LogP contribution in [0.4, 0.5) is 5.69 Å². The third-order valence-corrected chi connectivity index (χ3v) is 3.68. The lowest BCUT2D eigenvalue weighted by Crippen LogP contribution is -2.03. The van der Waals surface area contributed by atoms with Gasteiger partial charge in [0.2, 0.25) is 0 Å². The van der Waals surface area contributed by atoms with Gasteiger partial charge >= 0.3 is 0 Å². The van der Waals surface area contributed by atoms with E-state index in [1.54, 1.807) is 0 Å². The number of hydrogen-bond acceptors (Lipinski definition) is 2. The first-order valence-corrected chi connectivity index (χ1v) is 6.42. The smallest absolute Gasteiger partial charge is 0.0454 e. The van der Waals surface area contributed by atoms with E-state index in [2.05, 4.69) is 52.9 Å². The fourth-order valence-corrected chi connectivity index (χ4v) is 2.66. The van der Waals surface area contributed by atoms with Crippen molar-refractivity contribution < 1.29 is 0 Å². The molecular formula is C15H18N2. The topological polar surface area (TPSA) is 24.4 Å². The van der Waals surface area contributed by atoms with Crippen LogP contribution in [-0.4, -0.2) is 19.3 Å². The van der Waals surface area contributed by atoms with Gasteiger partial charge in [-0.1, -0.05) is 30.4 Å². The van der Waals surface area contributed by atoms with Crippen molar-refractivity contribution in [2.45, 2.75) is 12.8 Å². The van der Waals surface area contributed by atoms with Crippen LogP contribution >= 0.6 is 0 Å². The number of para-hydroxylation sites is 1. The quantitative estimate of drug-likeness (QED) is 0.676. The van der Waals surface area contributed by atoms with Crippen LogP contribution in [0.2, 0.25) is 0 Å². The molecule has 1 aromatic rings. The van der Waals surface area contributed by atoms with Crippen LogP contribution in [-0.2, 0) is 6.42 Å². The second-order valence-electron chi connectivity index (χ2n) is 4.84. The molecule has 88 valence electrons. The molecule has 1 aliphatic carbocycles. The summed E-state index contributed by atoms with van der Waals surface area (Å²) in [6, 6.07) is 8.46. The maximum atomic E-state index is 4.19. The van der Waals surface area contributed by atoms with Crippen molar-refractivity contribution in [1.82, 2.24) is 0 Å². The van der Waals surface area contributed by atoms with E-state index in [9.17, 15) is 0 Å². The van der Waals surface area contributed by atoms with Crippen LogP contribution in [0, 0.1) is 11.8 Å². The summed E-state index contributed by atoms with van der Waals surface area (Å²) in [5.41, 5.74) is 2.77. The number of hydrogen-bond donors (Lipinski definition) is 1. The van der Waals surface area contributed by atoms with E-state index in [1.165, 1.54) is 24.1 Å². The standard InChI is InChI=1S/C8H9N.C7H9N/c1-2-4-8-7(3-1)5-6-9-8;1-2-6-4-8-5-7(6)3-1/h1-4,9H,5-6H2;1-2,5-7H,3-4H2. The van der Waals surface area contributed by atoms with Gasteiger partial charge in [0.25, 0.3) is 0 Å². The van der Waals surface area contributed by atoms with Crippen molar-refractivity contribution in [3.63, 3.8) is 0 Å². The first-order chi connectivity index (χ1) is 8.43. The lowest BCUT2D eigenvalue weighted by atomic mass is 10.0. The molecule has 0 spiro atoms.